The molecule has 120 valence electrons. The van der Waals surface area contributed by atoms with Crippen LogP contribution in [0.15, 0.2) is 29.8 Å². The van der Waals surface area contributed by atoms with Gasteiger partial charge in [-0.2, -0.15) is 0 Å². The summed E-state index contributed by atoms with van der Waals surface area (Å²) in [6.07, 6.45) is 8.60. The van der Waals surface area contributed by atoms with E-state index in [0.29, 0.717) is 6.04 Å². The van der Waals surface area contributed by atoms with E-state index in [0.717, 1.165) is 27.7 Å². The fraction of sp³-hybridized carbons (Fsp3) is 0.389. The lowest BCUT2D eigenvalue weighted by atomic mass is 9.96. The van der Waals surface area contributed by atoms with Crippen LogP contribution in [0, 0.1) is 0 Å². The third-order valence-corrected chi connectivity index (χ3v) is 5.38. The zero-order chi connectivity index (χ0) is 15.6. The van der Waals surface area contributed by atoms with Gasteiger partial charge in [-0.15, -0.1) is 11.3 Å². The summed E-state index contributed by atoms with van der Waals surface area (Å²) in [6, 6.07) is 6.70. The summed E-state index contributed by atoms with van der Waals surface area (Å²) in [5, 5.41) is 7.96. The van der Waals surface area contributed by atoms with Crippen molar-refractivity contribution in [2.45, 2.75) is 38.1 Å². The Morgan fingerprint density at radius 2 is 2.13 bits per heavy atom. The zero-order valence-corrected chi connectivity index (χ0v) is 14.1. The quantitative estimate of drug-likeness (QED) is 0.705. The number of nitrogens with one attached hydrogen (secondary N) is 2. The summed E-state index contributed by atoms with van der Waals surface area (Å²) in [7, 11) is 1.69. The van der Waals surface area contributed by atoms with E-state index in [-0.39, 0.29) is 0 Å². The van der Waals surface area contributed by atoms with Crippen molar-refractivity contribution in [2.75, 3.05) is 12.4 Å². The summed E-state index contributed by atoms with van der Waals surface area (Å²) in [4.78, 5) is 8.11. The Hall–Kier alpha value is -2.01. The van der Waals surface area contributed by atoms with Gasteiger partial charge < -0.3 is 15.0 Å². The van der Waals surface area contributed by atoms with E-state index in [2.05, 4.69) is 21.7 Å². The van der Waals surface area contributed by atoms with E-state index < -0.39 is 0 Å². The average Bonchev–Trinajstić information content (AvgIpc) is 3.21. The second-order valence-electron chi connectivity index (χ2n) is 6.13. The lowest BCUT2D eigenvalue weighted by Crippen LogP contribution is -2.21. The third kappa shape index (κ3) is 2.93. The van der Waals surface area contributed by atoms with E-state index in [1.807, 2.05) is 18.3 Å². The number of fused-ring (bicyclic) bond motifs is 1. The Morgan fingerprint density at radius 1 is 1.26 bits per heavy atom. The van der Waals surface area contributed by atoms with E-state index in [1.54, 1.807) is 18.4 Å². The Morgan fingerprint density at radius 3 is 2.96 bits per heavy atom. The van der Waals surface area contributed by atoms with Gasteiger partial charge in [-0.3, -0.25) is 0 Å². The summed E-state index contributed by atoms with van der Waals surface area (Å²) in [6.45, 7) is 0. The SMILES string of the molecule is COc1ccc2c(-c3csc(NC4CCCCC4)n3)c[nH]c2c1. The first-order valence-corrected chi connectivity index (χ1v) is 9.09. The first-order valence-electron chi connectivity index (χ1n) is 8.21. The molecule has 0 spiro atoms. The molecular formula is C18H21N3OS. The number of aromatic amines is 1. The van der Waals surface area contributed by atoms with Crippen LogP contribution in [-0.2, 0) is 0 Å². The molecule has 1 aliphatic rings. The molecule has 5 heteroatoms. The first-order chi connectivity index (χ1) is 11.3. The van der Waals surface area contributed by atoms with Crippen LogP contribution in [0.5, 0.6) is 5.75 Å². The molecule has 0 atom stereocenters. The fourth-order valence-corrected chi connectivity index (χ4v) is 4.12. The molecule has 1 aromatic carbocycles. The minimum absolute atomic E-state index is 0.593. The number of rotatable bonds is 4. The highest BCUT2D eigenvalue weighted by Crippen LogP contribution is 2.33. The molecule has 0 saturated heterocycles. The number of ether oxygens (including phenoxy) is 1. The number of thiazole rings is 1. The highest BCUT2D eigenvalue weighted by atomic mass is 32.1. The van der Waals surface area contributed by atoms with Gasteiger partial charge in [0.2, 0.25) is 0 Å². The van der Waals surface area contributed by atoms with E-state index in [9.17, 15) is 0 Å². The Kier molecular flexibility index (Phi) is 3.95. The maximum Gasteiger partial charge on any atom is 0.183 e. The van der Waals surface area contributed by atoms with Crippen LogP contribution >= 0.6 is 11.3 Å². The van der Waals surface area contributed by atoms with Crippen molar-refractivity contribution < 1.29 is 4.74 Å². The number of anilines is 1. The molecule has 4 nitrogen and oxygen atoms in total. The van der Waals surface area contributed by atoms with Gasteiger partial charge in [0.25, 0.3) is 0 Å². The van der Waals surface area contributed by atoms with E-state index in [4.69, 9.17) is 9.72 Å². The van der Waals surface area contributed by atoms with Gasteiger partial charge in [-0.05, 0) is 25.0 Å². The zero-order valence-electron chi connectivity index (χ0n) is 13.3. The minimum atomic E-state index is 0.593. The molecule has 2 heterocycles. The number of aromatic nitrogens is 2. The molecule has 0 bridgehead atoms. The second kappa shape index (κ2) is 6.24. The van der Waals surface area contributed by atoms with Crippen molar-refractivity contribution >= 4 is 27.4 Å². The van der Waals surface area contributed by atoms with Crippen LogP contribution in [0.1, 0.15) is 32.1 Å². The summed E-state index contributed by atoms with van der Waals surface area (Å²) < 4.78 is 5.28. The van der Waals surface area contributed by atoms with Crippen LogP contribution in [0.2, 0.25) is 0 Å². The molecule has 1 saturated carbocycles. The number of methoxy groups -OCH3 is 1. The largest absolute Gasteiger partial charge is 0.497 e. The predicted octanol–water partition coefficient (Wildman–Crippen LogP) is 5.04. The monoisotopic (exact) mass is 327 g/mol. The molecule has 3 aromatic rings. The predicted molar refractivity (Wildman–Crippen MR) is 96.5 cm³/mol. The average molecular weight is 327 g/mol. The molecule has 2 aromatic heterocycles. The normalized spacial score (nSPS) is 15.9. The maximum atomic E-state index is 5.28. The van der Waals surface area contributed by atoms with Crippen LogP contribution in [0.25, 0.3) is 22.2 Å². The maximum absolute atomic E-state index is 5.28. The Bertz CT molecular complexity index is 802. The number of hydrogen-bond acceptors (Lipinski definition) is 4. The second-order valence-corrected chi connectivity index (χ2v) is 6.99. The third-order valence-electron chi connectivity index (χ3n) is 4.60. The smallest absolute Gasteiger partial charge is 0.183 e. The number of hydrogen-bond donors (Lipinski definition) is 2. The molecule has 23 heavy (non-hydrogen) atoms. The van der Waals surface area contributed by atoms with Crippen LogP contribution in [0.4, 0.5) is 5.13 Å². The molecule has 0 aliphatic heterocycles. The van der Waals surface area contributed by atoms with Crippen molar-refractivity contribution in [2.24, 2.45) is 0 Å². The van der Waals surface area contributed by atoms with Crippen molar-refractivity contribution in [3.05, 3.63) is 29.8 Å². The van der Waals surface area contributed by atoms with Gasteiger partial charge in [0, 0.05) is 40.2 Å². The van der Waals surface area contributed by atoms with Crippen LogP contribution < -0.4 is 10.1 Å². The first kappa shape index (κ1) is 14.6. The summed E-state index contributed by atoms with van der Waals surface area (Å²) >= 11 is 1.70. The van der Waals surface area contributed by atoms with Crippen molar-refractivity contribution in [3.63, 3.8) is 0 Å². The lowest BCUT2D eigenvalue weighted by Gasteiger charge is -2.22. The highest BCUT2D eigenvalue weighted by Gasteiger charge is 2.16. The summed E-state index contributed by atoms with van der Waals surface area (Å²) in [5.74, 6) is 0.865. The molecular weight excluding hydrogens is 306 g/mol. The van der Waals surface area contributed by atoms with Gasteiger partial charge in [0.05, 0.1) is 12.8 Å². The molecule has 1 aliphatic carbocycles. The Balaban J connectivity index is 1.58. The summed E-state index contributed by atoms with van der Waals surface area (Å²) in [5.41, 5.74) is 3.26. The minimum Gasteiger partial charge on any atom is -0.497 e. The molecule has 1 fully saturated rings. The molecule has 0 radical (unpaired) electrons. The standard InChI is InChI=1S/C18H21N3OS/c1-22-13-7-8-14-15(10-19-16(14)9-13)17-11-23-18(21-17)20-12-5-3-2-4-6-12/h7-12,19H,2-6H2,1H3,(H,20,21). The topological polar surface area (TPSA) is 49.9 Å². The number of H-pyrrole nitrogens is 1. The molecule has 0 amide bonds. The van der Waals surface area contributed by atoms with Crippen molar-refractivity contribution in [1.82, 2.24) is 9.97 Å². The van der Waals surface area contributed by atoms with Crippen molar-refractivity contribution in [3.8, 4) is 17.0 Å². The van der Waals surface area contributed by atoms with Crippen LogP contribution in [0.3, 0.4) is 0 Å². The molecule has 4 rings (SSSR count). The lowest BCUT2D eigenvalue weighted by molar-refractivity contribution is 0.415. The highest BCUT2D eigenvalue weighted by molar-refractivity contribution is 7.14. The number of benzene rings is 1. The van der Waals surface area contributed by atoms with Gasteiger partial charge in [-0.1, -0.05) is 19.3 Å². The van der Waals surface area contributed by atoms with Gasteiger partial charge in [-0.25, -0.2) is 4.98 Å². The fourth-order valence-electron chi connectivity index (χ4n) is 3.33. The van der Waals surface area contributed by atoms with E-state index >= 15 is 0 Å². The molecule has 0 unspecified atom stereocenters. The Labute approximate surface area is 139 Å². The van der Waals surface area contributed by atoms with Crippen LogP contribution in [-0.4, -0.2) is 23.1 Å². The van der Waals surface area contributed by atoms with Gasteiger partial charge in [0.1, 0.15) is 5.75 Å². The van der Waals surface area contributed by atoms with E-state index in [1.165, 1.54) is 37.5 Å². The molecule has 2 N–H and O–H groups in total. The van der Waals surface area contributed by atoms with Gasteiger partial charge >= 0.3 is 0 Å². The number of nitrogens with zero attached hydrogens (tertiary/aromatic N) is 1. The van der Waals surface area contributed by atoms with Crippen molar-refractivity contribution in [1.29, 1.82) is 0 Å². The van der Waals surface area contributed by atoms with Gasteiger partial charge in [0.15, 0.2) is 5.13 Å².